The van der Waals surface area contributed by atoms with E-state index < -0.39 is 0 Å². The molecular formula is C16H13FN4O. The van der Waals surface area contributed by atoms with Gasteiger partial charge in [0, 0.05) is 0 Å². The molecule has 3 N–H and O–H groups in total. The van der Waals surface area contributed by atoms with Crippen LogP contribution >= 0.6 is 0 Å². The van der Waals surface area contributed by atoms with E-state index in [-0.39, 0.29) is 17.5 Å². The third-order valence-electron chi connectivity index (χ3n) is 3.95. The number of hydrogen-bond acceptors (Lipinski definition) is 3. The van der Waals surface area contributed by atoms with Crippen LogP contribution in [0.5, 0.6) is 0 Å². The molecule has 6 heteroatoms. The molecule has 1 aromatic heterocycles. The van der Waals surface area contributed by atoms with E-state index >= 15 is 0 Å². The molecule has 5 nitrogen and oxygen atoms in total. The summed E-state index contributed by atoms with van der Waals surface area (Å²) in [5.74, 6) is 0.260. The van der Waals surface area contributed by atoms with Crippen LogP contribution in [0.25, 0.3) is 16.8 Å². The zero-order chi connectivity index (χ0) is 15.3. The quantitative estimate of drug-likeness (QED) is 0.720. The highest BCUT2D eigenvalue weighted by Gasteiger charge is 2.25. The maximum absolute atomic E-state index is 13.4. The zero-order valence-corrected chi connectivity index (χ0v) is 11.6. The lowest BCUT2D eigenvalue weighted by molar-refractivity contribution is 0.619. The summed E-state index contributed by atoms with van der Waals surface area (Å²) in [6.45, 7) is 0. The summed E-state index contributed by atoms with van der Waals surface area (Å²) < 4.78 is 14.9. The number of aromatic nitrogens is 3. The molecule has 1 unspecified atom stereocenters. The van der Waals surface area contributed by atoms with Gasteiger partial charge >= 0.3 is 5.69 Å². The molecule has 0 spiro atoms. The minimum Gasteiger partial charge on any atom is -0.321 e. The Balaban J connectivity index is 1.89. The Bertz CT molecular complexity index is 928. The maximum atomic E-state index is 13.4. The molecular weight excluding hydrogens is 283 g/mol. The first-order valence-electron chi connectivity index (χ1n) is 6.95. The number of fused-ring (bicyclic) bond motifs is 3. The van der Waals surface area contributed by atoms with Gasteiger partial charge in [-0.1, -0.05) is 18.2 Å². The molecule has 4 rings (SSSR count). The molecule has 1 aliphatic heterocycles. The van der Waals surface area contributed by atoms with Crippen molar-refractivity contribution >= 4 is 0 Å². The fraction of sp³-hybridized carbons (Fsp3) is 0.125. The smallest absolute Gasteiger partial charge is 0.321 e. The second-order valence-electron chi connectivity index (χ2n) is 5.39. The van der Waals surface area contributed by atoms with Gasteiger partial charge in [0.2, 0.25) is 0 Å². The molecule has 22 heavy (non-hydrogen) atoms. The monoisotopic (exact) mass is 296 g/mol. The largest absolute Gasteiger partial charge is 0.347 e. The summed E-state index contributed by atoms with van der Waals surface area (Å²) in [5, 5.41) is 6.41. The molecule has 0 radical (unpaired) electrons. The first kappa shape index (κ1) is 13.0. The van der Waals surface area contributed by atoms with E-state index in [2.05, 4.69) is 10.2 Å². The fourth-order valence-electron chi connectivity index (χ4n) is 2.93. The number of nitrogens with one attached hydrogen (secondary N) is 1. The van der Waals surface area contributed by atoms with Gasteiger partial charge < -0.3 is 5.73 Å². The number of aromatic amines is 1. The van der Waals surface area contributed by atoms with Crippen LogP contribution in [0.2, 0.25) is 0 Å². The Hall–Kier alpha value is -2.73. The predicted octanol–water partition coefficient (Wildman–Crippen LogP) is 1.92. The average Bonchev–Trinajstić information content (AvgIpc) is 2.90. The van der Waals surface area contributed by atoms with Crippen LogP contribution in [0.1, 0.15) is 17.4 Å². The van der Waals surface area contributed by atoms with Gasteiger partial charge in [-0.25, -0.2) is 18.9 Å². The molecule has 0 saturated heterocycles. The first-order chi connectivity index (χ1) is 10.6. The molecule has 0 aliphatic carbocycles. The molecule has 3 aromatic rings. The van der Waals surface area contributed by atoms with Gasteiger partial charge in [0.1, 0.15) is 5.82 Å². The van der Waals surface area contributed by atoms with Crippen LogP contribution < -0.4 is 11.4 Å². The summed E-state index contributed by atoms with van der Waals surface area (Å²) in [6, 6.07) is 11.8. The van der Waals surface area contributed by atoms with Gasteiger partial charge in [0.05, 0.1) is 11.7 Å². The van der Waals surface area contributed by atoms with E-state index in [4.69, 9.17) is 5.73 Å². The summed E-state index contributed by atoms with van der Waals surface area (Å²) in [6.07, 6.45) is 0.586. The molecule has 0 fully saturated rings. The number of hydrogen-bond donors (Lipinski definition) is 2. The van der Waals surface area contributed by atoms with Crippen LogP contribution in [-0.4, -0.2) is 14.8 Å². The number of benzene rings is 2. The van der Waals surface area contributed by atoms with E-state index in [1.165, 1.54) is 16.7 Å². The molecule has 1 aliphatic rings. The minimum absolute atomic E-state index is 0.278. The molecule has 0 bridgehead atoms. The normalized spacial score (nSPS) is 16.2. The lowest BCUT2D eigenvalue weighted by Gasteiger charge is -2.22. The van der Waals surface area contributed by atoms with Gasteiger partial charge in [0.25, 0.3) is 0 Å². The van der Waals surface area contributed by atoms with Gasteiger partial charge in [-0.05, 0) is 47.4 Å². The highest BCUT2D eigenvalue weighted by molar-refractivity contribution is 5.67. The third kappa shape index (κ3) is 1.88. The van der Waals surface area contributed by atoms with Crippen molar-refractivity contribution in [3.8, 4) is 16.8 Å². The number of nitrogens with zero attached hydrogens (tertiary/aromatic N) is 2. The van der Waals surface area contributed by atoms with E-state index in [1.54, 1.807) is 6.07 Å². The van der Waals surface area contributed by atoms with Crippen molar-refractivity contribution in [3.05, 3.63) is 70.2 Å². The van der Waals surface area contributed by atoms with Crippen molar-refractivity contribution in [3.63, 3.8) is 0 Å². The van der Waals surface area contributed by atoms with Gasteiger partial charge in [-0.2, -0.15) is 5.10 Å². The lowest BCUT2D eigenvalue weighted by atomic mass is 9.95. The van der Waals surface area contributed by atoms with Crippen molar-refractivity contribution in [1.29, 1.82) is 0 Å². The third-order valence-corrected chi connectivity index (χ3v) is 3.95. The van der Waals surface area contributed by atoms with E-state index in [9.17, 15) is 9.18 Å². The highest BCUT2D eigenvalue weighted by atomic mass is 19.1. The van der Waals surface area contributed by atoms with E-state index in [0.717, 1.165) is 22.4 Å². The predicted molar refractivity (Wildman–Crippen MR) is 80.2 cm³/mol. The summed E-state index contributed by atoms with van der Waals surface area (Å²) in [5.41, 5.74) is 9.19. The molecule has 0 amide bonds. The average molecular weight is 296 g/mol. The molecule has 0 saturated carbocycles. The standard InChI is InChI=1S/C16H13FN4O/c17-12-3-1-2-9(7-12)10-4-5-14-11(6-10)8-13(18)15-19-20-16(22)21(14)15/h1-7,13H,8,18H2,(H,20,22). The summed E-state index contributed by atoms with van der Waals surface area (Å²) in [4.78, 5) is 11.9. The minimum atomic E-state index is -0.339. The van der Waals surface area contributed by atoms with Crippen molar-refractivity contribution in [2.24, 2.45) is 5.73 Å². The summed E-state index contributed by atoms with van der Waals surface area (Å²) in [7, 11) is 0. The van der Waals surface area contributed by atoms with Crippen LogP contribution in [0, 0.1) is 5.82 Å². The van der Waals surface area contributed by atoms with Gasteiger partial charge in [-0.15, -0.1) is 0 Å². The molecule has 110 valence electrons. The molecule has 1 atom stereocenters. The maximum Gasteiger partial charge on any atom is 0.347 e. The molecule has 2 aromatic carbocycles. The number of rotatable bonds is 1. The van der Waals surface area contributed by atoms with Crippen LogP contribution in [0.3, 0.4) is 0 Å². The van der Waals surface area contributed by atoms with Crippen LogP contribution in [0.15, 0.2) is 47.3 Å². The lowest BCUT2D eigenvalue weighted by Crippen LogP contribution is -2.28. The number of H-pyrrole nitrogens is 1. The Morgan fingerprint density at radius 3 is 2.86 bits per heavy atom. The highest BCUT2D eigenvalue weighted by Crippen LogP contribution is 2.31. The zero-order valence-electron chi connectivity index (χ0n) is 11.6. The molecule has 2 heterocycles. The second kappa shape index (κ2) is 4.64. The van der Waals surface area contributed by atoms with E-state index in [1.807, 2.05) is 24.3 Å². The Labute approximate surface area is 125 Å². The second-order valence-corrected chi connectivity index (χ2v) is 5.39. The van der Waals surface area contributed by atoms with Gasteiger partial charge in [-0.3, -0.25) is 0 Å². The Morgan fingerprint density at radius 1 is 1.23 bits per heavy atom. The first-order valence-corrected chi connectivity index (χ1v) is 6.95. The van der Waals surface area contributed by atoms with Crippen molar-refractivity contribution < 1.29 is 4.39 Å². The Kier molecular flexibility index (Phi) is 2.74. The van der Waals surface area contributed by atoms with Crippen molar-refractivity contribution in [1.82, 2.24) is 14.8 Å². The van der Waals surface area contributed by atoms with Crippen molar-refractivity contribution in [2.45, 2.75) is 12.5 Å². The topological polar surface area (TPSA) is 76.7 Å². The summed E-state index contributed by atoms with van der Waals surface area (Å²) >= 11 is 0. The SMILES string of the molecule is NC1Cc2cc(-c3cccc(F)c3)ccc2-n2c1n[nH]c2=O. The van der Waals surface area contributed by atoms with Crippen LogP contribution in [0.4, 0.5) is 4.39 Å². The van der Waals surface area contributed by atoms with Crippen LogP contribution in [-0.2, 0) is 6.42 Å². The van der Waals surface area contributed by atoms with E-state index in [0.29, 0.717) is 12.2 Å². The fourth-order valence-corrected chi connectivity index (χ4v) is 2.93. The Morgan fingerprint density at radius 2 is 2.05 bits per heavy atom. The number of halogens is 1. The van der Waals surface area contributed by atoms with Gasteiger partial charge in [0.15, 0.2) is 5.82 Å². The number of nitrogens with two attached hydrogens (primary N) is 1. The van der Waals surface area contributed by atoms with Crippen molar-refractivity contribution in [2.75, 3.05) is 0 Å².